The van der Waals surface area contributed by atoms with Crippen LogP contribution in [-0.4, -0.2) is 82.7 Å². The molecule has 9 nitrogen and oxygen atoms in total. The van der Waals surface area contributed by atoms with Crippen LogP contribution in [0.2, 0.25) is 0 Å². The van der Waals surface area contributed by atoms with Crippen LogP contribution >= 0.6 is 24.0 Å². The second-order valence-corrected chi connectivity index (χ2v) is 7.89. The topological polar surface area (TPSA) is 81.9 Å². The van der Waals surface area contributed by atoms with Gasteiger partial charge in [-0.3, -0.25) is 4.79 Å². The molecule has 0 aliphatic carbocycles. The van der Waals surface area contributed by atoms with Gasteiger partial charge < -0.3 is 24.6 Å². The zero-order valence-electron chi connectivity index (χ0n) is 19.5. The van der Waals surface area contributed by atoms with Gasteiger partial charge in [-0.2, -0.15) is 0 Å². The second-order valence-electron chi connectivity index (χ2n) is 7.89. The Hall–Kier alpha value is -2.37. The van der Waals surface area contributed by atoms with E-state index < -0.39 is 0 Å². The quantitative estimate of drug-likeness (QED) is 0.244. The molecule has 2 aromatic rings. The molecule has 32 heavy (non-hydrogen) atoms. The molecule has 1 N–H and O–H groups in total. The van der Waals surface area contributed by atoms with Crippen LogP contribution in [0.4, 0.5) is 5.69 Å². The third-order valence-corrected chi connectivity index (χ3v) is 5.73. The molecular weight excluding hydrogens is 519 g/mol. The summed E-state index contributed by atoms with van der Waals surface area (Å²) < 4.78 is 1.96. The van der Waals surface area contributed by atoms with Crippen molar-refractivity contribution in [2.45, 2.75) is 26.8 Å². The number of carbonyl (C=O) groups excluding carboxylic acids is 1. The molecule has 1 amide bonds. The molecule has 0 radical (unpaired) electrons. The number of anilines is 1. The van der Waals surface area contributed by atoms with Crippen molar-refractivity contribution < 1.29 is 4.79 Å². The molecule has 0 spiro atoms. The number of nitrogens with zero attached hydrogens (tertiary/aromatic N) is 7. The van der Waals surface area contributed by atoms with Crippen molar-refractivity contribution in [3.8, 4) is 0 Å². The summed E-state index contributed by atoms with van der Waals surface area (Å²) in [5.41, 5.74) is 1.22. The van der Waals surface area contributed by atoms with E-state index >= 15 is 0 Å². The maximum Gasteiger partial charge on any atom is 0.219 e. The van der Waals surface area contributed by atoms with E-state index in [1.165, 1.54) is 5.69 Å². The lowest BCUT2D eigenvalue weighted by molar-refractivity contribution is -0.130. The minimum Gasteiger partial charge on any atom is -0.375 e. The van der Waals surface area contributed by atoms with Gasteiger partial charge in [0.1, 0.15) is 12.4 Å². The third kappa shape index (κ3) is 7.07. The lowest BCUT2D eigenvalue weighted by Crippen LogP contribution is -2.53. The predicted molar refractivity (Wildman–Crippen MR) is 138 cm³/mol. The van der Waals surface area contributed by atoms with Gasteiger partial charge in [-0.25, -0.2) is 4.99 Å². The first kappa shape index (κ1) is 25.9. The first-order valence-corrected chi connectivity index (χ1v) is 10.9. The minimum absolute atomic E-state index is 0. The van der Waals surface area contributed by atoms with Crippen LogP contribution in [0, 0.1) is 6.92 Å². The molecule has 0 unspecified atom stereocenters. The fourth-order valence-corrected chi connectivity index (χ4v) is 3.56. The van der Waals surface area contributed by atoms with Crippen molar-refractivity contribution in [1.29, 1.82) is 0 Å². The second kappa shape index (κ2) is 12.6. The Morgan fingerprint density at radius 1 is 1.12 bits per heavy atom. The fourth-order valence-electron chi connectivity index (χ4n) is 3.56. The van der Waals surface area contributed by atoms with Gasteiger partial charge in [-0.15, -0.1) is 34.2 Å². The molecule has 3 rings (SSSR count). The summed E-state index contributed by atoms with van der Waals surface area (Å²) in [4.78, 5) is 22.9. The van der Waals surface area contributed by atoms with Crippen LogP contribution in [0.15, 0.2) is 35.3 Å². The van der Waals surface area contributed by atoms with Crippen LogP contribution in [0.5, 0.6) is 0 Å². The number of hydrogen-bond acceptors (Lipinski definition) is 5. The summed E-state index contributed by atoms with van der Waals surface area (Å²) in [6, 6.07) is 10.4. The Labute approximate surface area is 207 Å². The van der Waals surface area contributed by atoms with Crippen LogP contribution in [0.3, 0.4) is 0 Å². The number of nitrogens with one attached hydrogen (secondary N) is 1. The Balaban J connectivity index is 0.00000363. The fraction of sp³-hybridized carbons (Fsp3) is 0.545. The van der Waals surface area contributed by atoms with E-state index in [0.29, 0.717) is 6.54 Å². The molecule has 1 aliphatic heterocycles. The van der Waals surface area contributed by atoms with Gasteiger partial charge in [-0.05, 0) is 25.5 Å². The molecule has 0 bridgehead atoms. The highest BCUT2D eigenvalue weighted by molar-refractivity contribution is 14.0. The lowest BCUT2D eigenvalue weighted by Gasteiger charge is -2.36. The Kier molecular flexibility index (Phi) is 10.2. The number of piperazine rings is 1. The number of carbonyl (C=O) groups is 1. The monoisotopic (exact) mass is 554 g/mol. The number of aryl methyl sites for hydroxylation is 1. The third-order valence-electron chi connectivity index (χ3n) is 5.73. The van der Waals surface area contributed by atoms with Crippen molar-refractivity contribution in [1.82, 2.24) is 29.9 Å². The molecule has 1 aromatic carbocycles. The Bertz CT molecular complexity index is 877. The SMILES string of the molecule is CC(=O)N1CCN(C(=NCc2nnc(C)n2C)NCCCN(C)c2ccccc2)CC1.I. The lowest BCUT2D eigenvalue weighted by atomic mass is 10.3. The summed E-state index contributed by atoms with van der Waals surface area (Å²) >= 11 is 0. The molecule has 176 valence electrons. The molecule has 1 fully saturated rings. The van der Waals surface area contributed by atoms with Crippen LogP contribution < -0.4 is 10.2 Å². The number of para-hydroxylation sites is 1. The molecule has 1 aliphatic rings. The molecule has 2 heterocycles. The maximum atomic E-state index is 11.7. The van der Waals surface area contributed by atoms with Gasteiger partial charge in [0, 0.05) is 66.0 Å². The first-order valence-electron chi connectivity index (χ1n) is 10.9. The van der Waals surface area contributed by atoms with E-state index in [4.69, 9.17) is 4.99 Å². The highest BCUT2D eigenvalue weighted by Gasteiger charge is 2.21. The van der Waals surface area contributed by atoms with Gasteiger partial charge in [-0.1, -0.05) is 18.2 Å². The Morgan fingerprint density at radius 2 is 1.78 bits per heavy atom. The van der Waals surface area contributed by atoms with Crippen molar-refractivity contribution >= 4 is 41.5 Å². The van der Waals surface area contributed by atoms with Crippen molar-refractivity contribution in [2.24, 2.45) is 12.0 Å². The van der Waals surface area contributed by atoms with Crippen LogP contribution in [0.1, 0.15) is 25.0 Å². The molecule has 10 heteroatoms. The number of amides is 1. The smallest absolute Gasteiger partial charge is 0.219 e. The molecule has 1 aromatic heterocycles. The Morgan fingerprint density at radius 3 is 2.38 bits per heavy atom. The molecule has 0 atom stereocenters. The van der Waals surface area contributed by atoms with E-state index in [2.05, 4.69) is 56.6 Å². The van der Waals surface area contributed by atoms with Gasteiger partial charge in [0.25, 0.3) is 0 Å². The summed E-state index contributed by atoms with van der Waals surface area (Å²) in [6.45, 7) is 8.78. The first-order chi connectivity index (χ1) is 15.0. The van der Waals surface area contributed by atoms with Crippen LogP contribution in [0.25, 0.3) is 0 Å². The van der Waals surface area contributed by atoms with E-state index in [9.17, 15) is 4.79 Å². The summed E-state index contributed by atoms with van der Waals surface area (Å²) in [5.74, 6) is 2.71. The van der Waals surface area contributed by atoms with Crippen LogP contribution in [-0.2, 0) is 18.4 Å². The number of benzene rings is 1. The summed E-state index contributed by atoms with van der Waals surface area (Å²) in [5, 5.41) is 11.9. The number of hydrogen-bond donors (Lipinski definition) is 1. The normalized spacial score (nSPS) is 14.2. The van der Waals surface area contributed by atoms with Crippen molar-refractivity contribution in [2.75, 3.05) is 51.2 Å². The standard InChI is InChI=1S/C22H34N8O.HI/c1-18-25-26-21(28(18)4)17-24-22(30-15-13-29(14-16-30)19(2)31)23-11-8-12-27(3)20-9-6-5-7-10-20;/h5-7,9-10H,8,11-17H2,1-4H3,(H,23,24);1H. The average molecular weight is 554 g/mol. The largest absolute Gasteiger partial charge is 0.375 e. The maximum absolute atomic E-state index is 11.7. The minimum atomic E-state index is 0. The number of rotatable bonds is 7. The summed E-state index contributed by atoms with van der Waals surface area (Å²) in [6.07, 6.45) is 0.987. The van der Waals surface area contributed by atoms with Crippen molar-refractivity contribution in [3.05, 3.63) is 42.0 Å². The van der Waals surface area contributed by atoms with E-state index in [1.807, 2.05) is 29.5 Å². The average Bonchev–Trinajstić information content (AvgIpc) is 3.11. The van der Waals surface area contributed by atoms with Gasteiger partial charge in [0.05, 0.1) is 0 Å². The number of aromatic nitrogens is 3. The number of halogens is 1. The molecular formula is C22H35IN8O. The van der Waals surface area contributed by atoms with Gasteiger partial charge in [0.15, 0.2) is 11.8 Å². The van der Waals surface area contributed by atoms with Gasteiger partial charge in [0.2, 0.25) is 5.91 Å². The predicted octanol–water partition coefficient (Wildman–Crippen LogP) is 1.88. The van der Waals surface area contributed by atoms with Crippen molar-refractivity contribution in [3.63, 3.8) is 0 Å². The van der Waals surface area contributed by atoms with E-state index in [-0.39, 0.29) is 29.9 Å². The number of aliphatic imine (C=N–C) groups is 1. The summed E-state index contributed by atoms with van der Waals surface area (Å²) in [7, 11) is 4.07. The van der Waals surface area contributed by atoms with E-state index in [0.717, 1.165) is 63.3 Å². The number of guanidine groups is 1. The highest BCUT2D eigenvalue weighted by atomic mass is 127. The zero-order chi connectivity index (χ0) is 22.2. The van der Waals surface area contributed by atoms with E-state index in [1.54, 1.807) is 6.92 Å². The molecule has 1 saturated heterocycles. The highest BCUT2D eigenvalue weighted by Crippen LogP contribution is 2.11. The molecule has 0 saturated carbocycles. The van der Waals surface area contributed by atoms with Gasteiger partial charge >= 0.3 is 0 Å². The zero-order valence-corrected chi connectivity index (χ0v) is 21.8.